The van der Waals surface area contributed by atoms with Crippen molar-refractivity contribution < 1.29 is 0 Å². The predicted molar refractivity (Wildman–Crippen MR) is 61.5 cm³/mol. The van der Waals surface area contributed by atoms with Gasteiger partial charge in [0.1, 0.15) is 6.17 Å². The molecular weight excluding hydrogens is 186 g/mol. The fraction of sp³-hybridized carbons (Fsp3) is 0.583. The largest absolute Gasteiger partial charge is 0.297 e. The van der Waals surface area contributed by atoms with Crippen molar-refractivity contribution in [3.8, 4) is 0 Å². The van der Waals surface area contributed by atoms with E-state index in [9.17, 15) is 0 Å². The first-order chi connectivity index (χ1) is 7.42. The number of aromatic nitrogens is 1. The number of pyridine rings is 1. The summed E-state index contributed by atoms with van der Waals surface area (Å²) in [7, 11) is 0. The molecule has 1 aliphatic rings. The Kier molecular flexibility index (Phi) is 3.69. The molecule has 0 spiro atoms. The summed E-state index contributed by atoms with van der Waals surface area (Å²) in [6.07, 6.45) is 4.63. The van der Waals surface area contributed by atoms with E-state index in [0.29, 0.717) is 6.17 Å². The highest BCUT2D eigenvalue weighted by Gasteiger charge is 2.22. The molecule has 2 rings (SSSR count). The van der Waals surface area contributed by atoms with Crippen LogP contribution in [0.5, 0.6) is 0 Å². The van der Waals surface area contributed by atoms with Gasteiger partial charge >= 0.3 is 0 Å². The van der Waals surface area contributed by atoms with Crippen molar-refractivity contribution in [2.45, 2.75) is 25.9 Å². The van der Waals surface area contributed by atoms with Gasteiger partial charge in [-0.2, -0.15) is 0 Å². The molecule has 0 radical (unpaired) electrons. The summed E-state index contributed by atoms with van der Waals surface area (Å²) in [4.78, 5) is 6.91. The quantitative estimate of drug-likeness (QED) is 0.815. The summed E-state index contributed by atoms with van der Waals surface area (Å²) < 4.78 is 0. The zero-order valence-corrected chi connectivity index (χ0v) is 9.32. The number of nitrogens with zero attached hydrogens (tertiary/aromatic N) is 2. The van der Waals surface area contributed by atoms with Gasteiger partial charge in [-0.1, -0.05) is 13.0 Å². The second-order valence-electron chi connectivity index (χ2n) is 4.00. The molecule has 1 unspecified atom stereocenters. The Morgan fingerprint density at radius 3 is 3.20 bits per heavy atom. The van der Waals surface area contributed by atoms with E-state index in [-0.39, 0.29) is 0 Å². The first kappa shape index (κ1) is 10.6. The van der Waals surface area contributed by atoms with Gasteiger partial charge in [-0.05, 0) is 38.1 Å². The molecule has 0 aliphatic carbocycles. The van der Waals surface area contributed by atoms with Crippen molar-refractivity contribution in [1.82, 2.24) is 15.2 Å². The van der Waals surface area contributed by atoms with Crippen LogP contribution in [0.3, 0.4) is 0 Å². The van der Waals surface area contributed by atoms with Gasteiger partial charge in [0.15, 0.2) is 0 Å². The Labute approximate surface area is 91.5 Å². The third-order valence-electron chi connectivity index (χ3n) is 2.80. The molecular formula is C12H19N3. The van der Waals surface area contributed by atoms with Crippen LogP contribution in [0, 0.1) is 0 Å². The van der Waals surface area contributed by atoms with Crippen molar-refractivity contribution in [3.63, 3.8) is 0 Å². The van der Waals surface area contributed by atoms with E-state index < -0.39 is 0 Å². The Morgan fingerprint density at radius 2 is 2.47 bits per heavy atom. The Hall–Kier alpha value is -0.930. The Bertz CT molecular complexity index is 284. The third-order valence-corrected chi connectivity index (χ3v) is 2.80. The molecule has 1 saturated heterocycles. The molecule has 1 atom stereocenters. The number of nitrogens with one attached hydrogen (secondary N) is 1. The lowest BCUT2D eigenvalue weighted by Gasteiger charge is -2.35. The van der Waals surface area contributed by atoms with Crippen LogP contribution in [0.15, 0.2) is 24.4 Å². The van der Waals surface area contributed by atoms with Gasteiger partial charge in [-0.15, -0.1) is 0 Å². The van der Waals surface area contributed by atoms with Crippen molar-refractivity contribution >= 4 is 0 Å². The van der Waals surface area contributed by atoms with Gasteiger partial charge in [0, 0.05) is 12.7 Å². The SMILES string of the molecule is CCCN1CCCNC1c1ccccn1. The smallest absolute Gasteiger partial charge is 0.104 e. The normalized spacial score (nSPS) is 22.9. The molecule has 1 N–H and O–H groups in total. The summed E-state index contributed by atoms with van der Waals surface area (Å²) in [5, 5.41) is 3.53. The molecule has 1 aromatic rings. The number of rotatable bonds is 3. The molecule has 82 valence electrons. The lowest BCUT2D eigenvalue weighted by Crippen LogP contribution is -2.45. The zero-order valence-electron chi connectivity index (χ0n) is 9.32. The van der Waals surface area contributed by atoms with Gasteiger partial charge in [0.2, 0.25) is 0 Å². The van der Waals surface area contributed by atoms with Gasteiger partial charge < -0.3 is 0 Å². The Morgan fingerprint density at radius 1 is 1.53 bits per heavy atom. The van der Waals surface area contributed by atoms with Crippen LogP contribution in [-0.2, 0) is 0 Å². The fourth-order valence-corrected chi connectivity index (χ4v) is 2.14. The fourth-order valence-electron chi connectivity index (χ4n) is 2.14. The minimum Gasteiger partial charge on any atom is -0.297 e. The van der Waals surface area contributed by atoms with Gasteiger partial charge in [0.25, 0.3) is 0 Å². The van der Waals surface area contributed by atoms with Crippen LogP contribution >= 0.6 is 0 Å². The van der Waals surface area contributed by atoms with E-state index in [1.54, 1.807) is 0 Å². The first-order valence-electron chi connectivity index (χ1n) is 5.80. The van der Waals surface area contributed by atoms with Crippen molar-refractivity contribution in [2.24, 2.45) is 0 Å². The second kappa shape index (κ2) is 5.24. The Balaban J connectivity index is 2.11. The van der Waals surface area contributed by atoms with Crippen LogP contribution in [0.1, 0.15) is 31.6 Å². The summed E-state index contributed by atoms with van der Waals surface area (Å²) in [5.41, 5.74) is 1.14. The van der Waals surface area contributed by atoms with Crippen LogP contribution in [0.2, 0.25) is 0 Å². The van der Waals surface area contributed by atoms with E-state index >= 15 is 0 Å². The standard InChI is InChI=1S/C12H19N3/c1-2-9-15-10-5-8-14-12(15)11-6-3-4-7-13-11/h3-4,6-7,12,14H,2,5,8-10H2,1H3. The molecule has 0 amide bonds. The molecule has 2 heterocycles. The number of hydrogen-bond acceptors (Lipinski definition) is 3. The zero-order chi connectivity index (χ0) is 10.5. The third kappa shape index (κ3) is 2.55. The minimum absolute atomic E-state index is 0.319. The van der Waals surface area contributed by atoms with E-state index in [0.717, 1.165) is 18.8 Å². The van der Waals surface area contributed by atoms with E-state index in [1.807, 2.05) is 12.3 Å². The molecule has 15 heavy (non-hydrogen) atoms. The molecule has 1 aromatic heterocycles. The average Bonchev–Trinajstić information content (AvgIpc) is 2.31. The molecule has 1 aliphatic heterocycles. The predicted octanol–water partition coefficient (Wildman–Crippen LogP) is 1.79. The molecule has 3 nitrogen and oxygen atoms in total. The molecule has 0 bridgehead atoms. The topological polar surface area (TPSA) is 28.2 Å². The van der Waals surface area contributed by atoms with Crippen LogP contribution < -0.4 is 5.32 Å². The van der Waals surface area contributed by atoms with E-state index in [4.69, 9.17) is 0 Å². The molecule has 3 heteroatoms. The van der Waals surface area contributed by atoms with Crippen LogP contribution in [0.4, 0.5) is 0 Å². The van der Waals surface area contributed by atoms with Crippen LogP contribution in [-0.4, -0.2) is 29.5 Å². The molecule has 0 saturated carbocycles. The monoisotopic (exact) mass is 205 g/mol. The maximum Gasteiger partial charge on any atom is 0.104 e. The maximum atomic E-state index is 4.43. The van der Waals surface area contributed by atoms with Crippen molar-refractivity contribution in [3.05, 3.63) is 30.1 Å². The van der Waals surface area contributed by atoms with E-state index in [2.05, 4.69) is 34.3 Å². The second-order valence-corrected chi connectivity index (χ2v) is 4.00. The molecule has 1 fully saturated rings. The average molecular weight is 205 g/mol. The minimum atomic E-state index is 0.319. The highest BCUT2D eigenvalue weighted by molar-refractivity contribution is 5.08. The first-order valence-corrected chi connectivity index (χ1v) is 5.80. The maximum absolute atomic E-state index is 4.43. The van der Waals surface area contributed by atoms with Gasteiger partial charge in [-0.3, -0.25) is 15.2 Å². The highest BCUT2D eigenvalue weighted by atomic mass is 15.3. The van der Waals surface area contributed by atoms with Crippen molar-refractivity contribution in [1.29, 1.82) is 0 Å². The lowest BCUT2D eigenvalue weighted by molar-refractivity contribution is 0.128. The molecule has 0 aromatic carbocycles. The van der Waals surface area contributed by atoms with Crippen LogP contribution in [0.25, 0.3) is 0 Å². The van der Waals surface area contributed by atoms with Crippen molar-refractivity contribution in [2.75, 3.05) is 19.6 Å². The summed E-state index contributed by atoms with van der Waals surface area (Å²) in [5.74, 6) is 0. The summed E-state index contributed by atoms with van der Waals surface area (Å²) in [6.45, 7) is 5.65. The summed E-state index contributed by atoms with van der Waals surface area (Å²) >= 11 is 0. The number of hydrogen-bond donors (Lipinski definition) is 1. The highest BCUT2D eigenvalue weighted by Crippen LogP contribution is 2.19. The van der Waals surface area contributed by atoms with Gasteiger partial charge in [0.05, 0.1) is 5.69 Å². The van der Waals surface area contributed by atoms with E-state index in [1.165, 1.54) is 19.4 Å². The van der Waals surface area contributed by atoms with Gasteiger partial charge in [-0.25, -0.2) is 0 Å². The lowest BCUT2D eigenvalue weighted by atomic mass is 10.2. The summed E-state index contributed by atoms with van der Waals surface area (Å²) in [6, 6.07) is 6.13.